The summed E-state index contributed by atoms with van der Waals surface area (Å²) in [5, 5.41) is 3.87. The van der Waals surface area contributed by atoms with Crippen LogP contribution in [0.15, 0.2) is 4.52 Å². The second-order valence-corrected chi connectivity index (χ2v) is 3.93. The van der Waals surface area contributed by atoms with Crippen molar-refractivity contribution >= 4 is 0 Å². The highest BCUT2D eigenvalue weighted by atomic mass is 16.5. The molecule has 4 nitrogen and oxygen atoms in total. The van der Waals surface area contributed by atoms with Crippen molar-refractivity contribution in [2.75, 3.05) is 0 Å². The molecule has 0 spiro atoms. The summed E-state index contributed by atoms with van der Waals surface area (Å²) < 4.78 is 5.10. The molecule has 0 aliphatic heterocycles. The Kier molecular flexibility index (Phi) is 2.31. The Morgan fingerprint density at radius 2 is 2.38 bits per heavy atom. The Labute approximate surface area is 77.5 Å². The fraction of sp³-hybridized carbons (Fsp3) is 0.778. The summed E-state index contributed by atoms with van der Waals surface area (Å²) in [4.78, 5) is 4.27. The quantitative estimate of drug-likeness (QED) is 0.749. The molecule has 0 saturated heterocycles. The normalized spacial score (nSPS) is 18.9. The maximum atomic E-state index is 5.63. The first-order valence-electron chi connectivity index (χ1n) is 4.81. The van der Waals surface area contributed by atoms with Gasteiger partial charge in [-0.2, -0.15) is 4.98 Å². The Morgan fingerprint density at radius 1 is 1.62 bits per heavy atom. The minimum absolute atomic E-state index is 0.103. The van der Waals surface area contributed by atoms with Crippen LogP contribution in [0.1, 0.15) is 31.5 Å². The van der Waals surface area contributed by atoms with E-state index in [1.165, 1.54) is 12.8 Å². The van der Waals surface area contributed by atoms with Gasteiger partial charge in [-0.25, -0.2) is 0 Å². The van der Waals surface area contributed by atoms with E-state index < -0.39 is 0 Å². The van der Waals surface area contributed by atoms with Gasteiger partial charge < -0.3 is 10.3 Å². The summed E-state index contributed by atoms with van der Waals surface area (Å²) >= 11 is 0. The van der Waals surface area contributed by atoms with E-state index in [1.54, 1.807) is 0 Å². The van der Waals surface area contributed by atoms with Crippen molar-refractivity contribution in [3.8, 4) is 0 Å². The second kappa shape index (κ2) is 3.46. The molecule has 72 valence electrons. The lowest BCUT2D eigenvalue weighted by Crippen LogP contribution is -2.18. The molecule has 1 aliphatic carbocycles. The topological polar surface area (TPSA) is 64.9 Å². The fourth-order valence-corrected chi connectivity index (χ4v) is 1.31. The predicted octanol–water partition coefficient (Wildman–Crippen LogP) is 0.912. The first-order valence-corrected chi connectivity index (χ1v) is 4.81. The minimum Gasteiger partial charge on any atom is -0.339 e. The van der Waals surface area contributed by atoms with Gasteiger partial charge in [-0.05, 0) is 25.7 Å². The van der Waals surface area contributed by atoms with Gasteiger partial charge in [-0.3, -0.25) is 0 Å². The molecule has 0 radical (unpaired) electrons. The van der Waals surface area contributed by atoms with Crippen molar-refractivity contribution in [1.82, 2.24) is 10.1 Å². The smallest absolute Gasteiger partial charge is 0.226 e. The molecule has 4 heteroatoms. The van der Waals surface area contributed by atoms with Gasteiger partial charge in [0.15, 0.2) is 5.82 Å². The summed E-state index contributed by atoms with van der Waals surface area (Å²) in [6, 6.07) is 0.103. The van der Waals surface area contributed by atoms with Crippen molar-refractivity contribution in [2.45, 2.75) is 38.6 Å². The molecule has 1 heterocycles. The lowest BCUT2D eigenvalue weighted by Gasteiger charge is -1.96. The molecule has 13 heavy (non-hydrogen) atoms. The second-order valence-electron chi connectivity index (χ2n) is 3.93. The van der Waals surface area contributed by atoms with Gasteiger partial charge in [-0.15, -0.1) is 0 Å². The number of hydrogen-bond acceptors (Lipinski definition) is 4. The molecule has 1 aromatic rings. The summed E-state index contributed by atoms with van der Waals surface area (Å²) in [7, 11) is 0. The number of nitrogens with zero attached hydrogens (tertiary/aromatic N) is 2. The SMILES string of the molecule is CC(N)Cc1noc(CC2CC2)n1. The van der Waals surface area contributed by atoms with Crippen LogP contribution in [0.2, 0.25) is 0 Å². The maximum absolute atomic E-state index is 5.63. The van der Waals surface area contributed by atoms with E-state index in [0.29, 0.717) is 6.42 Å². The summed E-state index contributed by atoms with van der Waals surface area (Å²) in [5.74, 6) is 2.31. The standard InChI is InChI=1S/C9H15N3O/c1-6(10)4-8-11-9(13-12-8)5-7-2-3-7/h6-7H,2-5,10H2,1H3. The monoisotopic (exact) mass is 181 g/mol. The number of aromatic nitrogens is 2. The summed E-state index contributed by atoms with van der Waals surface area (Å²) in [6.45, 7) is 1.94. The molecular weight excluding hydrogens is 166 g/mol. The molecule has 1 fully saturated rings. The molecule has 1 aliphatic rings. The van der Waals surface area contributed by atoms with Gasteiger partial charge in [0.25, 0.3) is 0 Å². The van der Waals surface area contributed by atoms with E-state index in [4.69, 9.17) is 10.3 Å². The van der Waals surface area contributed by atoms with Gasteiger partial charge in [0.05, 0.1) is 0 Å². The number of nitrogens with two attached hydrogens (primary N) is 1. The van der Waals surface area contributed by atoms with Gasteiger partial charge in [0.2, 0.25) is 5.89 Å². The Hall–Kier alpha value is -0.900. The lowest BCUT2D eigenvalue weighted by atomic mass is 10.2. The van der Waals surface area contributed by atoms with Crippen LogP contribution in [0.4, 0.5) is 0 Å². The zero-order valence-electron chi connectivity index (χ0n) is 7.86. The van der Waals surface area contributed by atoms with E-state index in [2.05, 4.69) is 10.1 Å². The third-order valence-electron chi connectivity index (χ3n) is 2.17. The Bertz CT molecular complexity index is 260. The fourth-order valence-electron chi connectivity index (χ4n) is 1.31. The highest BCUT2D eigenvalue weighted by Crippen LogP contribution is 2.31. The Balaban J connectivity index is 1.91. The van der Waals surface area contributed by atoms with Crippen LogP contribution in [0.5, 0.6) is 0 Å². The van der Waals surface area contributed by atoms with Crippen LogP contribution in [-0.4, -0.2) is 16.2 Å². The van der Waals surface area contributed by atoms with Gasteiger partial charge in [0, 0.05) is 18.9 Å². The molecule has 0 bridgehead atoms. The van der Waals surface area contributed by atoms with E-state index in [0.717, 1.165) is 24.1 Å². The van der Waals surface area contributed by atoms with Crippen molar-refractivity contribution in [1.29, 1.82) is 0 Å². The minimum atomic E-state index is 0.103. The molecule has 1 saturated carbocycles. The number of rotatable bonds is 4. The molecule has 2 N–H and O–H groups in total. The molecule has 2 rings (SSSR count). The van der Waals surface area contributed by atoms with Gasteiger partial charge in [0.1, 0.15) is 0 Å². The van der Waals surface area contributed by atoms with Crippen LogP contribution >= 0.6 is 0 Å². The van der Waals surface area contributed by atoms with Crippen molar-refractivity contribution in [3.63, 3.8) is 0 Å². The van der Waals surface area contributed by atoms with E-state index in [-0.39, 0.29) is 6.04 Å². The molecule has 0 amide bonds. The Morgan fingerprint density at radius 3 is 3.00 bits per heavy atom. The molecule has 1 atom stereocenters. The third kappa shape index (κ3) is 2.52. The molecule has 1 aromatic heterocycles. The third-order valence-corrected chi connectivity index (χ3v) is 2.17. The van der Waals surface area contributed by atoms with Crippen LogP contribution in [0.25, 0.3) is 0 Å². The van der Waals surface area contributed by atoms with Crippen molar-refractivity contribution in [3.05, 3.63) is 11.7 Å². The zero-order valence-corrected chi connectivity index (χ0v) is 7.86. The lowest BCUT2D eigenvalue weighted by molar-refractivity contribution is 0.367. The van der Waals surface area contributed by atoms with Crippen LogP contribution < -0.4 is 5.73 Å². The van der Waals surface area contributed by atoms with Crippen LogP contribution in [0.3, 0.4) is 0 Å². The molecular formula is C9H15N3O. The predicted molar refractivity (Wildman–Crippen MR) is 48.1 cm³/mol. The molecule has 1 unspecified atom stereocenters. The van der Waals surface area contributed by atoms with Crippen LogP contribution in [-0.2, 0) is 12.8 Å². The summed E-state index contributed by atoms with van der Waals surface area (Å²) in [6.07, 6.45) is 4.27. The largest absolute Gasteiger partial charge is 0.339 e. The van der Waals surface area contributed by atoms with E-state index in [9.17, 15) is 0 Å². The molecule has 0 aromatic carbocycles. The van der Waals surface area contributed by atoms with E-state index >= 15 is 0 Å². The van der Waals surface area contributed by atoms with Crippen LogP contribution in [0, 0.1) is 5.92 Å². The zero-order chi connectivity index (χ0) is 9.26. The average Bonchev–Trinajstić information content (AvgIpc) is 2.73. The van der Waals surface area contributed by atoms with Gasteiger partial charge >= 0.3 is 0 Å². The highest BCUT2D eigenvalue weighted by Gasteiger charge is 2.24. The number of hydrogen-bond donors (Lipinski definition) is 1. The van der Waals surface area contributed by atoms with Gasteiger partial charge in [-0.1, -0.05) is 5.16 Å². The first-order chi connectivity index (χ1) is 6.24. The highest BCUT2D eigenvalue weighted by molar-refractivity contribution is 4.92. The first kappa shape index (κ1) is 8.69. The average molecular weight is 181 g/mol. The van der Waals surface area contributed by atoms with Crippen molar-refractivity contribution in [2.24, 2.45) is 11.7 Å². The summed E-state index contributed by atoms with van der Waals surface area (Å²) in [5.41, 5.74) is 5.63. The van der Waals surface area contributed by atoms with E-state index in [1.807, 2.05) is 6.92 Å². The van der Waals surface area contributed by atoms with Crippen molar-refractivity contribution < 1.29 is 4.52 Å². The maximum Gasteiger partial charge on any atom is 0.226 e.